The maximum absolute atomic E-state index is 12.4. The first-order chi connectivity index (χ1) is 12.2. The fraction of sp³-hybridized carbons (Fsp3) is 0.235. The van der Waals surface area contributed by atoms with Gasteiger partial charge in [-0.3, -0.25) is 4.79 Å². The van der Waals surface area contributed by atoms with Crippen molar-refractivity contribution in [3.05, 3.63) is 54.1 Å². The van der Waals surface area contributed by atoms with E-state index in [-0.39, 0.29) is 27.9 Å². The number of nitrogens with one attached hydrogen (secondary N) is 2. The summed E-state index contributed by atoms with van der Waals surface area (Å²) in [5.41, 5.74) is 0.247. The molecule has 2 aromatic rings. The molecule has 0 radical (unpaired) electrons. The first-order valence-electron chi connectivity index (χ1n) is 7.66. The van der Waals surface area contributed by atoms with Crippen LogP contribution >= 0.6 is 0 Å². The largest absolute Gasteiger partial charge is 0.433 e. The highest BCUT2D eigenvalue weighted by atomic mass is 32.2. The van der Waals surface area contributed by atoms with E-state index in [1.807, 2.05) is 0 Å². The fourth-order valence-corrected chi connectivity index (χ4v) is 3.38. The van der Waals surface area contributed by atoms with Gasteiger partial charge < -0.3 is 10.1 Å². The first kappa shape index (κ1) is 19.8. The molecule has 0 bridgehead atoms. The molecule has 2 rings (SSSR count). The van der Waals surface area contributed by atoms with E-state index in [9.17, 15) is 22.0 Å². The molecule has 2 N–H and O–H groups in total. The Hall–Kier alpha value is -2.52. The van der Waals surface area contributed by atoms with Gasteiger partial charge in [-0.2, -0.15) is 8.78 Å². The molecule has 0 atom stereocenters. The summed E-state index contributed by atoms with van der Waals surface area (Å²) in [7, 11) is -3.67. The summed E-state index contributed by atoms with van der Waals surface area (Å²) in [6.45, 7) is 0.363. The third-order valence-electron chi connectivity index (χ3n) is 3.17. The topological polar surface area (TPSA) is 84.5 Å². The first-order valence-corrected chi connectivity index (χ1v) is 9.15. The summed E-state index contributed by atoms with van der Waals surface area (Å²) in [4.78, 5) is 12.3. The zero-order valence-corrected chi connectivity index (χ0v) is 14.9. The van der Waals surface area contributed by atoms with Crippen LogP contribution in [0.1, 0.15) is 24.2 Å². The van der Waals surface area contributed by atoms with Gasteiger partial charge in [-0.05, 0) is 50.2 Å². The van der Waals surface area contributed by atoms with Crippen LogP contribution in [-0.2, 0) is 10.0 Å². The third kappa shape index (κ3) is 5.24. The van der Waals surface area contributed by atoms with Crippen molar-refractivity contribution in [2.75, 3.05) is 5.32 Å². The van der Waals surface area contributed by atoms with Crippen molar-refractivity contribution < 1.29 is 26.7 Å². The molecule has 0 unspecified atom stereocenters. The van der Waals surface area contributed by atoms with Crippen LogP contribution in [-0.4, -0.2) is 27.0 Å². The summed E-state index contributed by atoms with van der Waals surface area (Å²) in [5, 5.41) is 2.46. The molecule has 140 valence electrons. The molecule has 6 nitrogen and oxygen atoms in total. The van der Waals surface area contributed by atoms with Crippen LogP contribution in [0.15, 0.2) is 53.4 Å². The zero-order chi connectivity index (χ0) is 19.3. The Bertz CT molecular complexity index is 869. The standard InChI is InChI=1S/C17H18F2N2O4S/c1-11(2)21-26(23,24)13-9-7-12(8-10-13)16(22)20-14-5-3-4-6-15(14)25-17(18)19/h3-11,17,21H,1-2H3,(H,20,22). The van der Waals surface area contributed by atoms with Crippen molar-refractivity contribution in [3.63, 3.8) is 0 Å². The van der Waals surface area contributed by atoms with Crippen molar-refractivity contribution in [2.45, 2.75) is 31.4 Å². The van der Waals surface area contributed by atoms with Gasteiger partial charge in [0.15, 0.2) is 0 Å². The molecule has 26 heavy (non-hydrogen) atoms. The number of amides is 1. The molecule has 0 saturated carbocycles. The molecule has 0 aromatic heterocycles. The number of sulfonamides is 1. The Balaban J connectivity index is 2.17. The quantitative estimate of drug-likeness (QED) is 0.768. The van der Waals surface area contributed by atoms with Gasteiger partial charge in [-0.1, -0.05) is 12.1 Å². The second kappa shape index (κ2) is 8.24. The van der Waals surface area contributed by atoms with E-state index in [0.717, 1.165) is 0 Å². The highest BCUT2D eigenvalue weighted by molar-refractivity contribution is 7.89. The van der Waals surface area contributed by atoms with Crippen molar-refractivity contribution in [2.24, 2.45) is 0 Å². The fourth-order valence-electron chi connectivity index (χ4n) is 2.13. The highest BCUT2D eigenvalue weighted by Crippen LogP contribution is 2.26. The number of rotatable bonds is 7. The maximum atomic E-state index is 12.4. The van der Waals surface area contributed by atoms with Crippen LogP contribution < -0.4 is 14.8 Å². The van der Waals surface area contributed by atoms with E-state index >= 15 is 0 Å². The second-order valence-electron chi connectivity index (χ2n) is 5.63. The molecular weight excluding hydrogens is 366 g/mol. The van der Waals surface area contributed by atoms with Crippen LogP contribution in [0.5, 0.6) is 5.75 Å². The molecule has 0 aliphatic carbocycles. The van der Waals surface area contributed by atoms with E-state index in [1.54, 1.807) is 19.9 Å². The number of benzene rings is 2. The monoisotopic (exact) mass is 384 g/mol. The van der Waals surface area contributed by atoms with Gasteiger partial charge in [0, 0.05) is 11.6 Å². The van der Waals surface area contributed by atoms with Gasteiger partial charge in [-0.25, -0.2) is 13.1 Å². The SMILES string of the molecule is CC(C)NS(=O)(=O)c1ccc(C(=O)Nc2ccccc2OC(F)F)cc1. The van der Waals surface area contributed by atoms with Gasteiger partial charge >= 0.3 is 6.61 Å². The summed E-state index contributed by atoms with van der Waals surface area (Å²) >= 11 is 0. The minimum atomic E-state index is -3.67. The number of para-hydroxylation sites is 2. The summed E-state index contributed by atoms with van der Waals surface area (Å²) in [6, 6.07) is 10.8. The Labute approximate surface area is 150 Å². The molecule has 0 heterocycles. The average molecular weight is 384 g/mol. The van der Waals surface area contributed by atoms with Crippen molar-refractivity contribution >= 4 is 21.6 Å². The molecule has 0 saturated heterocycles. The van der Waals surface area contributed by atoms with Gasteiger partial charge in [-0.15, -0.1) is 0 Å². The summed E-state index contributed by atoms with van der Waals surface area (Å²) in [6.07, 6.45) is 0. The number of alkyl halides is 2. The molecule has 0 aliphatic rings. The molecule has 9 heteroatoms. The third-order valence-corrected chi connectivity index (χ3v) is 4.84. The Morgan fingerprint density at radius 1 is 1.04 bits per heavy atom. The molecule has 1 amide bonds. The molecular formula is C17H18F2N2O4S. The lowest BCUT2D eigenvalue weighted by Crippen LogP contribution is -2.30. The Morgan fingerprint density at radius 3 is 2.23 bits per heavy atom. The average Bonchev–Trinajstić information content (AvgIpc) is 2.55. The lowest BCUT2D eigenvalue weighted by atomic mass is 10.2. The number of carbonyl (C=O) groups excluding carboxylic acids is 1. The normalized spacial score (nSPS) is 11.6. The molecule has 0 spiro atoms. The van der Waals surface area contributed by atoms with Crippen LogP contribution in [0, 0.1) is 0 Å². The number of carbonyl (C=O) groups is 1. The lowest BCUT2D eigenvalue weighted by Gasteiger charge is -2.12. The van der Waals surface area contributed by atoms with Crippen molar-refractivity contribution in [1.29, 1.82) is 0 Å². The Morgan fingerprint density at radius 2 is 1.65 bits per heavy atom. The predicted molar refractivity (Wildman–Crippen MR) is 92.9 cm³/mol. The van der Waals surface area contributed by atoms with Gasteiger partial charge in [0.1, 0.15) is 5.75 Å². The van der Waals surface area contributed by atoms with Gasteiger partial charge in [0.2, 0.25) is 10.0 Å². The highest BCUT2D eigenvalue weighted by Gasteiger charge is 2.17. The van der Waals surface area contributed by atoms with Crippen LogP contribution in [0.3, 0.4) is 0 Å². The second-order valence-corrected chi connectivity index (χ2v) is 7.34. The maximum Gasteiger partial charge on any atom is 0.387 e. The minimum absolute atomic E-state index is 0.0178. The van der Waals surface area contributed by atoms with Crippen LogP contribution in [0.2, 0.25) is 0 Å². The van der Waals surface area contributed by atoms with E-state index in [1.165, 1.54) is 42.5 Å². The van der Waals surface area contributed by atoms with E-state index in [4.69, 9.17) is 0 Å². The van der Waals surface area contributed by atoms with E-state index in [0.29, 0.717) is 0 Å². The van der Waals surface area contributed by atoms with E-state index < -0.39 is 22.5 Å². The molecule has 2 aromatic carbocycles. The van der Waals surface area contributed by atoms with Crippen LogP contribution in [0.4, 0.5) is 14.5 Å². The zero-order valence-electron chi connectivity index (χ0n) is 14.1. The Kier molecular flexibility index (Phi) is 6.27. The summed E-state index contributed by atoms with van der Waals surface area (Å²) in [5.74, 6) is -0.757. The number of anilines is 1. The van der Waals surface area contributed by atoms with Gasteiger partial charge in [0.25, 0.3) is 5.91 Å². The van der Waals surface area contributed by atoms with Crippen molar-refractivity contribution in [1.82, 2.24) is 4.72 Å². The van der Waals surface area contributed by atoms with Gasteiger partial charge in [0.05, 0.1) is 10.6 Å². The number of hydrogen-bond donors (Lipinski definition) is 2. The summed E-state index contributed by atoms with van der Waals surface area (Å²) < 4.78 is 55.7. The van der Waals surface area contributed by atoms with Crippen LogP contribution in [0.25, 0.3) is 0 Å². The minimum Gasteiger partial charge on any atom is -0.433 e. The lowest BCUT2D eigenvalue weighted by molar-refractivity contribution is -0.0493. The smallest absolute Gasteiger partial charge is 0.387 e. The molecule has 0 fully saturated rings. The van der Waals surface area contributed by atoms with Crippen molar-refractivity contribution in [3.8, 4) is 5.75 Å². The number of ether oxygens (including phenoxy) is 1. The molecule has 0 aliphatic heterocycles. The number of halogens is 2. The van der Waals surface area contributed by atoms with E-state index in [2.05, 4.69) is 14.8 Å². The predicted octanol–water partition coefficient (Wildman–Crippen LogP) is 3.23. The number of hydrogen-bond acceptors (Lipinski definition) is 4.